The number of rotatable bonds is 5. The lowest BCUT2D eigenvalue weighted by atomic mass is 9.75. The molecule has 3 heteroatoms. The first-order chi connectivity index (χ1) is 8.04. The average molecular weight is 242 g/mol. The normalized spacial score (nSPS) is 29.4. The fourth-order valence-corrected chi connectivity index (χ4v) is 2.70. The number of aliphatic hydroxyl groups excluding tert-OH is 1. The van der Waals surface area contributed by atoms with Crippen molar-refractivity contribution in [1.82, 2.24) is 0 Å². The highest BCUT2D eigenvalue weighted by Gasteiger charge is 2.33. The second-order valence-corrected chi connectivity index (χ2v) is 5.68. The van der Waals surface area contributed by atoms with E-state index < -0.39 is 0 Å². The van der Waals surface area contributed by atoms with E-state index in [-0.39, 0.29) is 18.7 Å². The number of esters is 1. The van der Waals surface area contributed by atoms with Crippen LogP contribution in [0.5, 0.6) is 0 Å². The first-order valence-corrected chi connectivity index (χ1v) is 6.85. The van der Waals surface area contributed by atoms with E-state index in [0.717, 1.165) is 12.8 Å². The summed E-state index contributed by atoms with van der Waals surface area (Å²) in [4.78, 5) is 11.6. The summed E-state index contributed by atoms with van der Waals surface area (Å²) >= 11 is 0. The summed E-state index contributed by atoms with van der Waals surface area (Å²) in [6.45, 7) is 6.69. The van der Waals surface area contributed by atoms with Gasteiger partial charge in [0.15, 0.2) is 0 Å². The van der Waals surface area contributed by atoms with Crippen molar-refractivity contribution in [1.29, 1.82) is 0 Å². The highest BCUT2D eigenvalue weighted by Crippen LogP contribution is 2.35. The van der Waals surface area contributed by atoms with Gasteiger partial charge in [-0.1, -0.05) is 27.2 Å². The van der Waals surface area contributed by atoms with Gasteiger partial charge in [0.2, 0.25) is 0 Å². The third-order valence-electron chi connectivity index (χ3n) is 3.78. The van der Waals surface area contributed by atoms with Crippen molar-refractivity contribution in [2.75, 3.05) is 6.61 Å². The monoisotopic (exact) mass is 242 g/mol. The molecule has 0 spiro atoms. The van der Waals surface area contributed by atoms with Gasteiger partial charge >= 0.3 is 5.97 Å². The molecule has 0 heterocycles. The summed E-state index contributed by atoms with van der Waals surface area (Å²) in [5, 5.41) is 8.70. The van der Waals surface area contributed by atoms with Gasteiger partial charge in [-0.2, -0.15) is 0 Å². The molecule has 0 amide bonds. The number of hydrogen-bond acceptors (Lipinski definition) is 3. The number of ether oxygens (including phenoxy) is 1. The van der Waals surface area contributed by atoms with E-state index in [4.69, 9.17) is 9.84 Å². The summed E-state index contributed by atoms with van der Waals surface area (Å²) in [5.74, 6) is 1.58. The molecule has 1 aliphatic rings. The Bertz CT molecular complexity index is 238. The molecule has 0 aromatic carbocycles. The molecule has 1 rings (SSSR count). The van der Waals surface area contributed by atoms with Gasteiger partial charge in [0, 0.05) is 13.0 Å². The maximum absolute atomic E-state index is 11.6. The summed E-state index contributed by atoms with van der Waals surface area (Å²) in [6.07, 6.45) is 4.34. The zero-order valence-corrected chi connectivity index (χ0v) is 11.3. The molecule has 0 radical (unpaired) electrons. The average Bonchev–Trinajstić information content (AvgIpc) is 2.26. The zero-order chi connectivity index (χ0) is 12.8. The molecule has 1 aliphatic carbocycles. The number of carbonyl (C=O) groups is 1. The van der Waals surface area contributed by atoms with Crippen LogP contribution in [-0.2, 0) is 9.53 Å². The Balaban J connectivity index is 2.48. The Morgan fingerprint density at radius 3 is 2.71 bits per heavy atom. The lowest BCUT2D eigenvalue weighted by molar-refractivity contribution is -0.156. The third kappa shape index (κ3) is 4.66. The highest BCUT2D eigenvalue weighted by molar-refractivity contribution is 5.69. The van der Waals surface area contributed by atoms with Crippen molar-refractivity contribution < 1.29 is 14.6 Å². The first-order valence-electron chi connectivity index (χ1n) is 6.85. The minimum absolute atomic E-state index is 0.0593. The summed E-state index contributed by atoms with van der Waals surface area (Å²) < 4.78 is 5.59. The second-order valence-electron chi connectivity index (χ2n) is 5.68. The SMILES string of the molecule is CC1CCC(C(C)C)C(OC(=O)CCCO)C1. The van der Waals surface area contributed by atoms with Gasteiger partial charge in [0.1, 0.15) is 6.10 Å². The van der Waals surface area contributed by atoms with Crippen LogP contribution in [0.3, 0.4) is 0 Å². The van der Waals surface area contributed by atoms with Crippen LogP contribution in [0.15, 0.2) is 0 Å². The minimum atomic E-state index is -0.149. The molecule has 0 bridgehead atoms. The van der Waals surface area contributed by atoms with Crippen LogP contribution in [0.1, 0.15) is 52.9 Å². The third-order valence-corrected chi connectivity index (χ3v) is 3.78. The van der Waals surface area contributed by atoms with Crippen LogP contribution < -0.4 is 0 Å². The predicted molar refractivity (Wildman–Crippen MR) is 67.5 cm³/mol. The van der Waals surface area contributed by atoms with E-state index in [1.54, 1.807) is 0 Å². The molecule has 1 fully saturated rings. The Hall–Kier alpha value is -0.570. The van der Waals surface area contributed by atoms with Crippen molar-refractivity contribution in [2.24, 2.45) is 17.8 Å². The molecule has 100 valence electrons. The van der Waals surface area contributed by atoms with E-state index in [0.29, 0.717) is 30.6 Å². The van der Waals surface area contributed by atoms with Gasteiger partial charge in [0.05, 0.1) is 0 Å². The summed E-state index contributed by atoms with van der Waals surface area (Å²) in [6, 6.07) is 0. The lowest BCUT2D eigenvalue weighted by Crippen LogP contribution is -2.35. The van der Waals surface area contributed by atoms with E-state index in [2.05, 4.69) is 20.8 Å². The Morgan fingerprint density at radius 1 is 1.41 bits per heavy atom. The lowest BCUT2D eigenvalue weighted by Gasteiger charge is -2.36. The number of hydrogen-bond donors (Lipinski definition) is 1. The Morgan fingerprint density at radius 2 is 2.12 bits per heavy atom. The van der Waals surface area contributed by atoms with E-state index in [1.165, 1.54) is 6.42 Å². The van der Waals surface area contributed by atoms with Gasteiger partial charge < -0.3 is 9.84 Å². The fourth-order valence-electron chi connectivity index (χ4n) is 2.70. The predicted octanol–water partition coefficient (Wildman–Crippen LogP) is 2.76. The number of aliphatic hydroxyl groups is 1. The van der Waals surface area contributed by atoms with Crippen molar-refractivity contribution in [3.05, 3.63) is 0 Å². The molecule has 0 aromatic heterocycles. The molecule has 1 saturated carbocycles. The molecule has 0 aromatic rings. The van der Waals surface area contributed by atoms with Crippen LogP contribution in [-0.4, -0.2) is 23.8 Å². The van der Waals surface area contributed by atoms with Crippen molar-refractivity contribution in [2.45, 2.75) is 59.0 Å². The largest absolute Gasteiger partial charge is 0.462 e. The molecule has 17 heavy (non-hydrogen) atoms. The van der Waals surface area contributed by atoms with Crippen molar-refractivity contribution >= 4 is 5.97 Å². The van der Waals surface area contributed by atoms with Crippen LogP contribution >= 0.6 is 0 Å². The van der Waals surface area contributed by atoms with Crippen LogP contribution in [0.2, 0.25) is 0 Å². The number of carbonyl (C=O) groups excluding carboxylic acids is 1. The highest BCUT2D eigenvalue weighted by atomic mass is 16.5. The van der Waals surface area contributed by atoms with E-state index in [1.807, 2.05) is 0 Å². The topological polar surface area (TPSA) is 46.5 Å². The molecule has 1 N–H and O–H groups in total. The maximum atomic E-state index is 11.6. The molecule has 3 atom stereocenters. The zero-order valence-electron chi connectivity index (χ0n) is 11.3. The Labute approximate surface area is 105 Å². The van der Waals surface area contributed by atoms with Gasteiger partial charge in [-0.25, -0.2) is 0 Å². The Kier molecular flexibility index (Phi) is 5.96. The second kappa shape index (κ2) is 7.00. The van der Waals surface area contributed by atoms with E-state index in [9.17, 15) is 4.79 Å². The molecule has 0 aliphatic heterocycles. The quantitative estimate of drug-likeness (QED) is 0.754. The van der Waals surface area contributed by atoms with Gasteiger partial charge in [-0.05, 0) is 37.0 Å². The van der Waals surface area contributed by atoms with Crippen LogP contribution in [0, 0.1) is 17.8 Å². The van der Waals surface area contributed by atoms with Crippen LogP contribution in [0.25, 0.3) is 0 Å². The molecular formula is C14H26O3. The van der Waals surface area contributed by atoms with Gasteiger partial charge in [-0.15, -0.1) is 0 Å². The standard InChI is InChI=1S/C14H26O3/c1-10(2)12-7-6-11(3)9-13(12)17-14(16)5-4-8-15/h10-13,15H,4-9H2,1-3H3. The van der Waals surface area contributed by atoms with Gasteiger partial charge in [0.25, 0.3) is 0 Å². The minimum Gasteiger partial charge on any atom is -0.462 e. The smallest absolute Gasteiger partial charge is 0.306 e. The fraction of sp³-hybridized carbons (Fsp3) is 0.929. The van der Waals surface area contributed by atoms with Gasteiger partial charge in [-0.3, -0.25) is 4.79 Å². The molecule has 3 nitrogen and oxygen atoms in total. The van der Waals surface area contributed by atoms with E-state index >= 15 is 0 Å². The van der Waals surface area contributed by atoms with Crippen molar-refractivity contribution in [3.8, 4) is 0 Å². The van der Waals surface area contributed by atoms with Crippen molar-refractivity contribution in [3.63, 3.8) is 0 Å². The first kappa shape index (κ1) is 14.5. The summed E-state index contributed by atoms with van der Waals surface area (Å²) in [7, 11) is 0. The molecular weight excluding hydrogens is 216 g/mol. The summed E-state index contributed by atoms with van der Waals surface area (Å²) in [5.41, 5.74) is 0. The molecule has 3 unspecified atom stereocenters. The molecule has 0 saturated heterocycles. The van der Waals surface area contributed by atoms with Crippen LogP contribution in [0.4, 0.5) is 0 Å². The maximum Gasteiger partial charge on any atom is 0.306 e.